The second-order valence-electron chi connectivity index (χ2n) is 7.60. The van der Waals surface area contributed by atoms with Crippen molar-refractivity contribution in [3.63, 3.8) is 0 Å². The van der Waals surface area contributed by atoms with E-state index in [1.807, 2.05) is 12.1 Å². The van der Waals surface area contributed by atoms with Crippen molar-refractivity contribution in [1.82, 2.24) is 9.55 Å². The number of hydrogen-bond donors (Lipinski definition) is 1. The van der Waals surface area contributed by atoms with Crippen LogP contribution < -0.4 is 11.4 Å². The van der Waals surface area contributed by atoms with Crippen LogP contribution in [0.5, 0.6) is 0 Å². The van der Waals surface area contributed by atoms with Crippen molar-refractivity contribution in [3.8, 4) is 0 Å². The van der Waals surface area contributed by atoms with Crippen molar-refractivity contribution in [2.45, 2.75) is 17.0 Å². The molecular formula is C24H23N3O5S. The number of rotatable bonds is 7. The Balaban J connectivity index is 1.46. The van der Waals surface area contributed by atoms with E-state index in [0.717, 1.165) is 0 Å². The molecule has 2 N–H and O–H groups in total. The average molecular weight is 466 g/mol. The maximum atomic E-state index is 12.4. The van der Waals surface area contributed by atoms with Crippen molar-refractivity contribution in [3.05, 3.63) is 94.5 Å². The number of nitrogens with two attached hydrogens (primary N) is 1. The molecule has 0 saturated carbocycles. The van der Waals surface area contributed by atoms with E-state index in [1.165, 1.54) is 16.3 Å². The number of anilines is 1. The molecule has 0 aliphatic carbocycles. The molecule has 3 aromatic rings. The van der Waals surface area contributed by atoms with Crippen molar-refractivity contribution in [2.75, 3.05) is 18.9 Å². The zero-order valence-electron chi connectivity index (χ0n) is 17.7. The molecular weight excluding hydrogens is 442 g/mol. The van der Waals surface area contributed by atoms with Gasteiger partial charge in [-0.3, -0.25) is 4.57 Å². The van der Waals surface area contributed by atoms with Gasteiger partial charge in [0.1, 0.15) is 12.4 Å². The molecule has 0 radical (unpaired) electrons. The van der Waals surface area contributed by atoms with E-state index in [-0.39, 0.29) is 35.6 Å². The molecule has 33 heavy (non-hydrogen) atoms. The zero-order valence-corrected chi connectivity index (χ0v) is 18.5. The van der Waals surface area contributed by atoms with Crippen LogP contribution in [0, 0.1) is 5.92 Å². The number of esters is 2. The molecule has 8 nitrogen and oxygen atoms in total. The van der Waals surface area contributed by atoms with Crippen LogP contribution in [-0.2, 0) is 9.47 Å². The first-order valence-corrected chi connectivity index (χ1v) is 11.4. The summed E-state index contributed by atoms with van der Waals surface area (Å²) in [5.41, 5.74) is 6.08. The predicted molar refractivity (Wildman–Crippen MR) is 125 cm³/mol. The van der Waals surface area contributed by atoms with Gasteiger partial charge in [-0.15, -0.1) is 11.8 Å². The van der Waals surface area contributed by atoms with E-state index in [2.05, 4.69) is 4.98 Å². The van der Waals surface area contributed by atoms with Crippen LogP contribution in [0.2, 0.25) is 0 Å². The van der Waals surface area contributed by atoms with E-state index in [0.29, 0.717) is 17.5 Å². The van der Waals surface area contributed by atoms with Crippen molar-refractivity contribution in [1.29, 1.82) is 0 Å². The molecule has 0 amide bonds. The molecule has 2 aromatic carbocycles. The molecule has 4 rings (SSSR count). The van der Waals surface area contributed by atoms with Crippen LogP contribution >= 0.6 is 11.8 Å². The fourth-order valence-corrected chi connectivity index (χ4v) is 5.22. The summed E-state index contributed by atoms with van der Waals surface area (Å²) in [6.07, 6.45) is 2.15. The summed E-state index contributed by atoms with van der Waals surface area (Å²) in [5.74, 6) is -0.817. The number of nitrogens with zero attached hydrogens (tertiary/aromatic N) is 2. The third-order valence-corrected chi connectivity index (χ3v) is 6.95. The highest BCUT2D eigenvalue weighted by atomic mass is 32.2. The summed E-state index contributed by atoms with van der Waals surface area (Å²) >= 11 is 1.49. The Labute approximate surface area is 194 Å². The molecule has 1 saturated heterocycles. The van der Waals surface area contributed by atoms with Crippen molar-refractivity contribution in [2.24, 2.45) is 5.92 Å². The van der Waals surface area contributed by atoms with Gasteiger partial charge in [0, 0.05) is 17.4 Å². The van der Waals surface area contributed by atoms with E-state index in [9.17, 15) is 14.4 Å². The quantitative estimate of drug-likeness (QED) is 0.530. The number of carbonyl (C=O) groups is 2. The first-order valence-electron chi connectivity index (χ1n) is 10.5. The highest BCUT2D eigenvalue weighted by Crippen LogP contribution is 2.45. The second-order valence-corrected chi connectivity index (χ2v) is 9.02. The lowest BCUT2D eigenvalue weighted by Crippen LogP contribution is -2.26. The Bertz CT molecular complexity index is 1110. The Hall–Kier alpha value is -3.59. The maximum Gasteiger partial charge on any atom is 0.350 e. The van der Waals surface area contributed by atoms with Gasteiger partial charge in [-0.25, -0.2) is 14.4 Å². The minimum atomic E-state index is -0.450. The Kier molecular flexibility index (Phi) is 7.09. The summed E-state index contributed by atoms with van der Waals surface area (Å²) in [6.45, 7) is 0.265. The van der Waals surface area contributed by atoms with E-state index in [4.69, 9.17) is 15.2 Å². The monoisotopic (exact) mass is 465 g/mol. The summed E-state index contributed by atoms with van der Waals surface area (Å²) < 4.78 is 12.6. The Morgan fingerprint density at radius 1 is 0.939 bits per heavy atom. The van der Waals surface area contributed by atoms with Crippen molar-refractivity contribution < 1.29 is 19.1 Å². The SMILES string of the molecule is Nc1ccn([C@H]2C[C@H](COC(=O)c3ccccc3)[C@@H](COC(=O)c3ccccc3)S2)c(=O)n1. The van der Waals surface area contributed by atoms with E-state index < -0.39 is 17.6 Å². The highest BCUT2D eigenvalue weighted by molar-refractivity contribution is 8.00. The minimum Gasteiger partial charge on any atom is -0.462 e. The largest absolute Gasteiger partial charge is 0.462 e. The first-order chi connectivity index (χ1) is 16.0. The number of nitrogen functional groups attached to an aromatic ring is 1. The highest BCUT2D eigenvalue weighted by Gasteiger charge is 2.38. The van der Waals surface area contributed by atoms with E-state index >= 15 is 0 Å². The molecule has 2 heterocycles. The van der Waals surface area contributed by atoms with Crippen LogP contribution in [0.1, 0.15) is 32.5 Å². The third kappa shape index (κ3) is 5.61. The zero-order chi connectivity index (χ0) is 23.2. The van der Waals surface area contributed by atoms with Gasteiger partial charge in [0.2, 0.25) is 0 Å². The molecule has 0 bridgehead atoms. The average Bonchev–Trinajstić information content (AvgIpc) is 3.24. The molecule has 3 atom stereocenters. The van der Waals surface area contributed by atoms with Gasteiger partial charge in [-0.1, -0.05) is 36.4 Å². The summed E-state index contributed by atoms with van der Waals surface area (Å²) in [4.78, 5) is 40.9. The molecule has 1 aromatic heterocycles. The topological polar surface area (TPSA) is 114 Å². The first kappa shape index (κ1) is 22.6. The molecule has 170 valence electrons. The number of aromatic nitrogens is 2. The van der Waals surface area contributed by atoms with Crippen LogP contribution in [0.25, 0.3) is 0 Å². The van der Waals surface area contributed by atoms with E-state index in [1.54, 1.807) is 60.8 Å². The molecule has 0 unspecified atom stereocenters. The van der Waals surface area contributed by atoms with Gasteiger partial charge in [0.25, 0.3) is 0 Å². The molecule has 1 fully saturated rings. The third-order valence-electron chi connectivity index (χ3n) is 5.35. The minimum absolute atomic E-state index is 0.124. The normalized spacial score (nSPS) is 19.7. The molecule has 0 spiro atoms. The predicted octanol–water partition coefficient (Wildman–Crippen LogP) is 3.16. The van der Waals surface area contributed by atoms with Crippen LogP contribution in [-0.4, -0.2) is 40.0 Å². The molecule has 9 heteroatoms. The smallest absolute Gasteiger partial charge is 0.350 e. The number of hydrogen-bond acceptors (Lipinski definition) is 8. The fourth-order valence-electron chi connectivity index (χ4n) is 3.61. The lowest BCUT2D eigenvalue weighted by molar-refractivity contribution is 0.0365. The number of carbonyl (C=O) groups excluding carboxylic acids is 2. The Morgan fingerprint density at radius 2 is 1.52 bits per heavy atom. The van der Waals surface area contributed by atoms with Gasteiger partial charge in [-0.2, -0.15) is 4.98 Å². The van der Waals surface area contributed by atoms with Crippen LogP contribution in [0.4, 0.5) is 5.82 Å². The van der Waals surface area contributed by atoms with Crippen molar-refractivity contribution >= 4 is 29.5 Å². The lowest BCUT2D eigenvalue weighted by Gasteiger charge is -2.18. The summed E-state index contributed by atoms with van der Waals surface area (Å²) in [5, 5.41) is -0.415. The number of thioether (sulfide) groups is 1. The number of benzene rings is 2. The van der Waals surface area contributed by atoms with Gasteiger partial charge >= 0.3 is 17.6 Å². The summed E-state index contributed by atoms with van der Waals surface area (Å²) in [6, 6.07) is 19.0. The van der Waals surface area contributed by atoms with Crippen LogP contribution in [0.15, 0.2) is 77.7 Å². The molecule has 1 aliphatic heterocycles. The fraction of sp³-hybridized carbons (Fsp3) is 0.250. The Morgan fingerprint density at radius 3 is 2.09 bits per heavy atom. The summed E-state index contributed by atoms with van der Waals surface area (Å²) in [7, 11) is 0. The maximum absolute atomic E-state index is 12.4. The molecule has 1 aliphatic rings. The lowest BCUT2D eigenvalue weighted by atomic mass is 10.0. The second kappa shape index (κ2) is 10.4. The number of ether oxygens (including phenoxy) is 2. The van der Waals surface area contributed by atoms with Gasteiger partial charge in [-0.05, 0) is 36.8 Å². The van der Waals surface area contributed by atoms with Crippen LogP contribution in [0.3, 0.4) is 0 Å². The van der Waals surface area contributed by atoms with Gasteiger partial charge in [0.05, 0.1) is 23.1 Å². The van der Waals surface area contributed by atoms with Gasteiger partial charge in [0.15, 0.2) is 0 Å². The van der Waals surface area contributed by atoms with Gasteiger partial charge < -0.3 is 15.2 Å². The standard InChI is InChI=1S/C24H23N3O5S/c25-20-11-12-27(24(30)26-20)21-13-18(14-31-22(28)16-7-3-1-4-8-16)19(33-21)15-32-23(29)17-9-5-2-6-10-17/h1-12,18-19,21H,13-15H2,(H2,25,26,30)/t18-,19-,21-/m1/s1.